The quantitative estimate of drug-likeness (QED) is 0.902. The SMILES string of the molecule is CC1CCNC1C(=O)N1CCOC(c2ccc(F)cc2)C1. The van der Waals surface area contributed by atoms with Crippen molar-refractivity contribution in [3.63, 3.8) is 0 Å². The lowest BCUT2D eigenvalue weighted by Gasteiger charge is -2.35. The summed E-state index contributed by atoms with van der Waals surface area (Å²) >= 11 is 0. The first kappa shape index (κ1) is 14.5. The van der Waals surface area contributed by atoms with Crippen LogP contribution >= 0.6 is 0 Å². The van der Waals surface area contributed by atoms with Crippen LogP contribution in [0, 0.1) is 11.7 Å². The highest BCUT2D eigenvalue weighted by atomic mass is 19.1. The highest BCUT2D eigenvalue weighted by molar-refractivity contribution is 5.82. The highest BCUT2D eigenvalue weighted by Crippen LogP contribution is 2.24. The van der Waals surface area contributed by atoms with Crippen molar-refractivity contribution in [3.05, 3.63) is 35.6 Å². The maximum Gasteiger partial charge on any atom is 0.240 e. The summed E-state index contributed by atoms with van der Waals surface area (Å²) < 4.78 is 18.7. The van der Waals surface area contributed by atoms with Gasteiger partial charge in [0.05, 0.1) is 19.2 Å². The molecule has 3 rings (SSSR count). The first-order valence-electron chi connectivity index (χ1n) is 7.54. The van der Waals surface area contributed by atoms with E-state index in [0.717, 1.165) is 18.5 Å². The molecule has 4 nitrogen and oxygen atoms in total. The third-order valence-electron chi connectivity index (χ3n) is 4.42. The lowest BCUT2D eigenvalue weighted by atomic mass is 10.0. The minimum absolute atomic E-state index is 0.0723. The maximum absolute atomic E-state index is 13.0. The molecule has 21 heavy (non-hydrogen) atoms. The van der Waals surface area contributed by atoms with E-state index in [4.69, 9.17) is 4.74 Å². The molecule has 2 aliphatic rings. The topological polar surface area (TPSA) is 41.6 Å². The zero-order valence-electron chi connectivity index (χ0n) is 12.2. The van der Waals surface area contributed by atoms with E-state index in [9.17, 15) is 9.18 Å². The average Bonchev–Trinajstić information content (AvgIpc) is 2.93. The van der Waals surface area contributed by atoms with Gasteiger partial charge in [-0.25, -0.2) is 4.39 Å². The van der Waals surface area contributed by atoms with Crippen LogP contribution in [0.3, 0.4) is 0 Å². The molecule has 3 unspecified atom stereocenters. The molecule has 3 atom stereocenters. The van der Waals surface area contributed by atoms with Gasteiger partial charge in [-0.05, 0) is 36.6 Å². The summed E-state index contributed by atoms with van der Waals surface area (Å²) in [4.78, 5) is 14.5. The lowest BCUT2D eigenvalue weighted by molar-refractivity contribution is -0.141. The van der Waals surface area contributed by atoms with E-state index in [1.165, 1.54) is 12.1 Å². The second-order valence-electron chi connectivity index (χ2n) is 5.89. The minimum atomic E-state index is -0.258. The van der Waals surface area contributed by atoms with Crippen LogP contribution in [0.25, 0.3) is 0 Å². The number of ether oxygens (including phenoxy) is 1. The Morgan fingerprint density at radius 2 is 2.14 bits per heavy atom. The Balaban J connectivity index is 1.68. The van der Waals surface area contributed by atoms with Crippen LogP contribution in [0.15, 0.2) is 24.3 Å². The number of carbonyl (C=O) groups is 1. The Morgan fingerprint density at radius 3 is 2.81 bits per heavy atom. The van der Waals surface area contributed by atoms with Gasteiger partial charge in [0, 0.05) is 6.54 Å². The molecular weight excluding hydrogens is 271 g/mol. The first-order chi connectivity index (χ1) is 10.1. The number of morpholine rings is 1. The summed E-state index contributed by atoms with van der Waals surface area (Å²) in [6, 6.07) is 6.24. The molecule has 1 N–H and O–H groups in total. The van der Waals surface area contributed by atoms with E-state index >= 15 is 0 Å². The molecule has 1 amide bonds. The van der Waals surface area contributed by atoms with E-state index in [-0.39, 0.29) is 23.9 Å². The van der Waals surface area contributed by atoms with E-state index in [1.54, 1.807) is 12.1 Å². The van der Waals surface area contributed by atoms with Gasteiger partial charge in [0.1, 0.15) is 11.9 Å². The van der Waals surface area contributed by atoms with E-state index in [2.05, 4.69) is 12.2 Å². The number of carbonyl (C=O) groups excluding carboxylic acids is 1. The van der Waals surface area contributed by atoms with Gasteiger partial charge in [-0.3, -0.25) is 4.79 Å². The minimum Gasteiger partial charge on any atom is -0.370 e. The fourth-order valence-electron chi connectivity index (χ4n) is 3.09. The lowest BCUT2D eigenvalue weighted by Crippen LogP contribution is -2.50. The predicted molar refractivity (Wildman–Crippen MR) is 77.2 cm³/mol. The van der Waals surface area contributed by atoms with Crippen molar-refractivity contribution in [1.29, 1.82) is 0 Å². The van der Waals surface area contributed by atoms with Gasteiger partial charge < -0.3 is 15.0 Å². The van der Waals surface area contributed by atoms with Crippen molar-refractivity contribution in [2.45, 2.75) is 25.5 Å². The molecule has 1 aromatic rings. The summed E-state index contributed by atoms with van der Waals surface area (Å²) in [5.41, 5.74) is 0.918. The van der Waals surface area contributed by atoms with Crippen LogP contribution < -0.4 is 5.32 Å². The molecule has 2 saturated heterocycles. The van der Waals surface area contributed by atoms with Crippen molar-refractivity contribution in [2.75, 3.05) is 26.2 Å². The highest BCUT2D eigenvalue weighted by Gasteiger charge is 2.35. The van der Waals surface area contributed by atoms with Crippen LogP contribution in [-0.2, 0) is 9.53 Å². The summed E-state index contributed by atoms with van der Waals surface area (Å²) in [5.74, 6) is 0.284. The Labute approximate surface area is 124 Å². The molecule has 0 spiro atoms. The number of hydrogen-bond acceptors (Lipinski definition) is 3. The van der Waals surface area contributed by atoms with E-state index in [1.807, 2.05) is 4.90 Å². The van der Waals surface area contributed by atoms with Gasteiger partial charge in [-0.1, -0.05) is 19.1 Å². The molecule has 114 valence electrons. The van der Waals surface area contributed by atoms with Crippen LogP contribution in [0.2, 0.25) is 0 Å². The number of nitrogens with one attached hydrogen (secondary N) is 1. The van der Waals surface area contributed by atoms with Crippen LogP contribution in [-0.4, -0.2) is 43.1 Å². The van der Waals surface area contributed by atoms with Crippen molar-refractivity contribution in [3.8, 4) is 0 Å². The number of hydrogen-bond donors (Lipinski definition) is 1. The third kappa shape index (κ3) is 3.09. The number of benzene rings is 1. The molecule has 0 saturated carbocycles. The Morgan fingerprint density at radius 1 is 1.38 bits per heavy atom. The van der Waals surface area contributed by atoms with Crippen LogP contribution in [0.5, 0.6) is 0 Å². The summed E-state index contributed by atoms with van der Waals surface area (Å²) in [6.07, 6.45) is 0.877. The smallest absolute Gasteiger partial charge is 0.240 e. The molecular formula is C16H21FN2O2. The fraction of sp³-hybridized carbons (Fsp3) is 0.562. The zero-order valence-corrected chi connectivity index (χ0v) is 12.2. The molecule has 0 aromatic heterocycles. The monoisotopic (exact) mass is 292 g/mol. The number of amides is 1. The second-order valence-corrected chi connectivity index (χ2v) is 5.89. The summed E-state index contributed by atoms with van der Waals surface area (Å²) in [5, 5.41) is 3.28. The maximum atomic E-state index is 13.0. The standard InChI is InChI=1S/C16H21FN2O2/c1-11-6-7-18-15(11)16(20)19-8-9-21-14(10-19)12-2-4-13(17)5-3-12/h2-5,11,14-15,18H,6-10H2,1H3. The van der Waals surface area contributed by atoms with Crippen molar-refractivity contribution < 1.29 is 13.9 Å². The second kappa shape index (κ2) is 6.12. The summed E-state index contributed by atoms with van der Waals surface area (Å²) in [7, 11) is 0. The fourth-order valence-corrected chi connectivity index (χ4v) is 3.09. The van der Waals surface area contributed by atoms with E-state index < -0.39 is 0 Å². The predicted octanol–water partition coefficient (Wildman–Crippen LogP) is 1.72. The van der Waals surface area contributed by atoms with Gasteiger partial charge in [-0.15, -0.1) is 0 Å². The molecule has 2 fully saturated rings. The largest absolute Gasteiger partial charge is 0.370 e. The van der Waals surface area contributed by atoms with Gasteiger partial charge in [0.2, 0.25) is 5.91 Å². The molecule has 5 heteroatoms. The molecule has 2 heterocycles. The number of nitrogens with zero attached hydrogens (tertiary/aromatic N) is 1. The van der Waals surface area contributed by atoms with Gasteiger partial charge in [0.25, 0.3) is 0 Å². The zero-order chi connectivity index (χ0) is 14.8. The molecule has 1 aromatic carbocycles. The van der Waals surface area contributed by atoms with Gasteiger partial charge in [-0.2, -0.15) is 0 Å². The number of halogens is 1. The Hall–Kier alpha value is -1.46. The van der Waals surface area contributed by atoms with Crippen LogP contribution in [0.4, 0.5) is 4.39 Å². The van der Waals surface area contributed by atoms with Crippen molar-refractivity contribution >= 4 is 5.91 Å². The molecule has 0 aliphatic carbocycles. The van der Waals surface area contributed by atoms with Gasteiger partial charge >= 0.3 is 0 Å². The average molecular weight is 292 g/mol. The van der Waals surface area contributed by atoms with Crippen molar-refractivity contribution in [1.82, 2.24) is 10.2 Å². The molecule has 0 radical (unpaired) electrons. The Bertz CT molecular complexity index is 506. The van der Waals surface area contributed by atoms with E-state index in [0.29, 0.717) is 25.6 Å². The summed E-state index contributed by atoms with van der Waals surface area (Å²) in [6.45, 7) is 4.70. The van der Waals surface area contributed by atoms with Crippen LogP contribution in [0.1, 0.15) is 25.0 Å². The molecule has 2 aliphatic heterocycles. The normalized spacial score (nSPS) is 29.6. The van der Waals surface area contributed by atoms with Gasteiger partial charge in [0.15, 0.2) is 0 Å². The third-order valence-corrected chi connectivity index (χ3v) is 4.42. The first-order valence-corrected chi connectivity index (χ1v) is 7.54. The Kier molecular flexibility index (Phi) is 4.22. The number of rotatable bonds is 2. The van der Waals surface area contributed by atoms with Crippen molar-refractivity contribution in [2.24, 2.45) is 5.92 Å². The molecule has 0 bridgehead atoms.